The topological polar surface area (TPSA) is 116 Å². The van der Waals surface area contributed by atoms with E-state index in [2.05, 4.69) is 6.92 Å². The minimum atomic E-state index is -5.74. The van der Waals surface area contributed by atoms with Crippen LogP contribution in [-0.4, -0.2) is 79.9 Å². The third-order valence-corrected chi connectivity index (χ3v) is 10.4. The van der Waals surface area contributed by atoms with Gasteiger partial charge in [-0.3, -0.25) is 8.98 Å². The highest BCUT2D eigenvalue weighted by Crippen LogP contribution is 2.50. The molecule has 0 saturated heterocycles. The minimum Gasteiger partial charge on any atom is -0.492 e. The molecule has 0 amide bonds. The van der Waals surface area contributed by atoms with Crippen molar-refractivity contribution < 1.29 is 67.8 Å². The SMILES string of the molecule is CCOC(=O)C(CCCC(F)(F)C(F)(F)F)C(CCCCCCCCC1c2ccc(OCOC)cc2OCC1(C)c1ccc(OCOC)cc1)OS(C)(=O)=O. The van der Waals surface area contributed by atoms with Gasteiger partial charge in [-0.25, -0.2) is 0 Å². The van der Waals surface area contributed by atoms with Gasteiger partial charge in [0.25, 0.3) is 10.1 Å². The van der Waals surface area contributed by atoms with Gasteiger partial charge in [0, 0.05) is 38.0 Å². The number of alkyl halides is 5. The highest BCUT2D eigenvalue weighted by atomic mass is 32.2. The van der Waals surface area contributed by atoms with Gasteiger partial charge in [0.1, 0.15) is 17.2 Å². The summed E-state index contributed by atoms with van der Waals surface area (Å²) in [4.78, 5) is 12.7. The Morgan fingerprint density at radius 1 is 0.873 bits per heavy atom. The van der Waals surface area contributed by atoms with Crippen LogP contribution in [0.1, 0.15) is 102 Å². The number of halogens is 5. The van der Waals surface area contributed by atoms with Crippen molar-refractivity contribution in [2.75, 3.05) is 47.3 Å². The third-order valence-electron chi connectivity index (χ3n) is 9.85. The Labute approximate surface area is 321 Å². The molecular weight excluding hydrogens is 755 g/mol. The molecular formula is C39H55F5O10S. The third kappa shape index (κ3) is 14.0. The van der Waals surface area contributed by atoms with Crippen molar-refractivity contribution in [1.82, 2.24) is 0 Å². The van der Waals surface area contributed by atoms with Gasteiger partial charge in [-0.2, -0.15) is 30.4 Å². The molecule has 0 fully saturated rings. The van der Waals surface area contributed by atoms with Crippen molar-refractivity contribution in [2.24, 2.45) is 5.92 Å². The Morgan fingerprint density at radius 2 is 1.47 bits per heavy atom. The first-order chi connectivity index (χ1) is 26.0. The quantitative estimate of drug-likeness (QED) is 0.0316. The molecule has 55 heavy (non-hydrogen) atoms. The van der Waals surface area contributed by atoms with Gasteiger partial charge < -0.3 is 28.4 Å². The maximum Gasteiger partial charge on any atom is 0.453 e. The average Bonchev–Trinajstić information content (AvgIpc) is 3.12. The second kappa shape index (κ2) is 21.4. The highest BCUT2D eigenvalue weighted by molar-refractivity contribution is 7.86. The lowest BCUT2D eigenvalue weighted by molar-refractivity contribution is -0.284. The second-order valence-electron chi connectivity index (χ2n) is 14.1. The first-order valence-electron chi connectivity index (χ1n) is 18.6. The molecule has 0 spiro atoms. The van der Waals surface area contributed by atoms with Gasteiger partial charge in [0.05, 0.1) is 31.5 Å². The van der Waals surface area contributed by atoms with E-state index in [1.54, 1.807) is 14.2 Å². The van der Waals surface area contributed by atoms with Crippen molar-refractivity contribution in [3.05, 3.63) is 53.6 Å². The lowest BCUT2D eigenvalue weighted by Crippen LogP contribution is -2.40. The van der Waals surface area contributed by atoms with Crippen LogP contribution in [0.15, 0.2) is 42.5 Å². The van der Waals surface area contributed by atoms with Crippen LogP contribution in [0, 0.1) is 5.92 Å². The molecule has 0 saturated carbocycles. The second-order valence-corrected chi connectivity index (χ2v) is 15.7. The lowest BCUT2D eigenvalue weighted by atomic mass is 9.66. The molecule has 312 valence electrons. The van der Waals surface area contributed by atoms with Crippen molar-refractivity contribution >= 4 is 16.1 Å². The average molecular weight is 811 g/mol. The first-order valence-corrected chi connectivity index (χ1v) is 20.4. The van der Waals surface area contributed by atoms with Crippen LogP contribution in [-0.2, 0) is 38.7 Å². The number of hydrogen-bond acceptors (Lipinski definition) is 10. The fourth-order valence-corrected chi connectivity index (χ4v) is 7.65. The zero-order valence-corrected chi connectivity index (χ0v) is 33.1. The number of esters is 1. The largest absolute Gasteiger partial charge is 0.492 e. The number of carbonyl (C=O) groups excluding carboxylic acids is 1. The molecule has 1 aliphatic rings. The molecule has 2 aromatic rings. The smallest absolute Gasteiger partial charge is 0.453 e. The van der Waals surface area contributed by atoms with E-state index in [0.29, 0.717) is 30.9 Å². The van der Waals surface area contributed by atoms with Crippen LogP contribution in [0.5, 0.6) is 17.2 Å². The zero-order valence-electron chi connectivity index (χ0n) is 32.3. The van der Waals surface area contributed by atoms with Crippen LogP contribution in [0.4, 0.5) is 22.0 Å². The fourth-order valence-electron chi connectivity index (χ4n) is 6.97. The van der Waals surface area contributed by atoms with Crippen molar-refractivity contribution in [2.45, 2.75) is 114 Å². The number of ether oxygens (including phenoxy) is 6. The van der Waals surface area contributed by atoms with Crippen LogP contribution in [0.3, 0.4) is 0 Å². The summed E-state index contributed by atoms with van der Waals surface area (Å²) in [6.07, 6.45) is -3.37. The van der Waals surface area contributed by atoms with E-state index in [-0.39, 0.29) is 37.9 Å². The summed E-state index contributed by atoms with van der Waals surface area (Å²) in [5.41, 5.74) is 1.83. The number of benzene rings is 2. The minimum absolute atomic E-state index is 0.0782. The standard InChI is InChI=1S/C39H55F5O10S/c1-6-50-36(45)32(14-13-23-38(40,41)39(42,43)44)34(54-55(5,46)47)16-12-10-8-7-9-11-15-33-31-22-21-30(53-27-49-4)24-35(31)51-25-37(33,2)28-17-19-29(20-18-28)52-26-48-3/h17-22,24,32-34H,6-16,23,25-27H2,1-5H3. The van der Waals surface area contributed by atoms with Crippen molar-refractivity contribution in [3.8, 4) is 17.2 Å². The Hall–Kier alpha value is -3.21. The van der Waals surface area contributed by atoms with Crippen LogP contribution in [0.2, 0.25) is 0 Å². The number of rotatable bonds is 25. The highest BCUT2D eigenvalue weighted by Gasteiger charge is 2.56. The summed E-state index contributed by atoms with van der Waals surface area (Å²) in [6.45, 7) is 4.32. The molecule has 0 bridgehead atoms. The Kier molecular flexibility index (Phi) is 17.9. The fraction of sp³-hybridized carbons (Fsp3) is 0.667. The predicted molar refractivity (Wildman–Crippen MR) is 195 cm³/mol. The van der Waals surface area contributed by atoms with Crippen LogP contribution in [0.25, 0.3) is 0 Å². The van der Waals surface area contributed by atoms with Gasteiger partial charge in [0.15, 0.2) is 13.6 Å². The summed E-state index contributed by atoms with van der Waals surface area (Å²) in [5.74, 6) is -4.96. The molecule has 16 heteroatoms. The van der Waals surface area contributed by atoms with E-state index in [0.717, 1.165) is 55.2 Å². The van der Waals surface area contributed by atoms with E-state index in [9.17, 15) is 35.2 Å². The van der Waals surface area contributed by atoms with Crippen molar-refractivity contribution in [3.63, 3.8) is 0 Å². The van der Waals surface area contributed by atoms with Gasteiger partial charge in [-0.15, -0.1) is 0 Å². The number of hydrogen-bond donors (Lipinski definition) is 0. The molecule has 10 nitrogen and oxygen atoms in total. The first kappa shape index (κ1) is 46.2. The van der Waals surface area contributed by atoms with Gasteiger partial charge in [0.2, 0.25) is 0 Å². The number of fused-ring (bicyclic) bond motifs is 1. The molecule has 3 rings (SSSR count). The number of unbranched alkanes of at least 4 members (excludes halogenated alkanes) is 5. The summed E-state index contributed by atoms with van der Waals surface area (Å²) in [5, 5.41) is 0. The number of methoxy groups -OCH3 is 2. The summed E-state index contributed by atoms with van der Waals surface area (Å²) >= 11 is 0. The van der Waals surface area contributed by atoms with E-state index >= 15 is 0 Å². The predicted octanol–water partition coefficient (Wildman–Crippen LogP) is 9.10. The van der Waals surface area contributed by atoms with Gasteiger partial charge in [-0.05, 0) is 61.9 Å². The Morgan fingerprint density at radius 3 is 2.07 bits per heavy atom. The van der Waals surface area contributed by atoms with E-state index < -0.39 is 59.5 Å². The van der Waals surface area contributed by atoms with Gasteiger partial charge in [-0.1, -0.05) is 63.6 Å². The number of carbonyl (C=O) groups is 1. The molecule has 1 heterocycles. The zero-order chi connectivity index (χ0) is 40.7. The summed E-state index contributed by atoms with van der Waals surface area (Å²) < 4.78 is 127. The van der Waals surface area contributed by atoms with Gasteiger partial charge >= 0.3 is 18.1 Å². The maximum atomic E-state index is 13.6. The van der Waals surface area contributed by atoms with Crippen LogP contribution >= 0.6 is 0 Å². The van der Waals surface area contributed by atoms with Crippen LogP contribution < -0.4 is 14.2 Å². The van der Waals surface area contributed by atoms with E-state index in [1.807, 2.05) is 42.5 Å². The summed E-state index contributed by atoms with van der Waals surface area (Å²) in [7, 11) is -0.978. The molecule has 0 aromatic heterocycles. The van der Waals surface area contributed by atoms with Crippen molar-refractivity contribution in [1.29, 1.82) is 0 Å². The van der Waals surface area contributed by atoms with E-state index in [4.69, 9.17) is 32.6 Å². The molecule has 4 atom stereocenters. The van der Waals surface area contributed by atoms with E-state index in [1.165, 1.54) is 6.92 Å². The monoisotopic (exact) mass is 810 g/mol. The normalized spacial score (nSPS) is 18.5. The summed E-state index contributed by atoms with van der Waals surface area (Å²) in [6, 6.07) is 13.8. The Balaban J connectivity index is 1.62. The molecule has 0 radical (unpaired) electrons. The molecule has 0 aliphatic carbocycles. The molecule has 2 aromatic carbocycles. The molecule has 0 N–H and O–H groups in total. The molecule has 1 aliphatic heterocycles. The Bertz CT molecular complexity index is 1570. The molecule has 4 unspecified atom stereocenters. The maximum absolute atomic E-state index is 13.6. The lowest BCUT2D eigenvalue weighted by Gasteiger charge is -2.43.